The molecule has 0 aliphatic rings. The van der Waals surface area contributed by atoms with E-state index in [0.717, 1.165) is 6.26 Å². The highest BCUT2D eigenvalue weighted by Gasteiger charge is 2.28. The third-order valence-electron chi connectivity index (χ3n) is 2.07. The number of carbonyl (C=O) groups excluding carboxylic acids is 1. The average Bonchev–Trinajstić information content (AvgIpc) is 2.11. The molecular formula is C10H20O5S. The predicted octanol–water partition coefficient (Wildman–Crippen LogP) is 1.33. The third-order valence-corrected chi connectivity index (χ3v) is 2.67. The molecule has 0 spiro atoms. The molecule has 0 amide bonds. The van der Waals surface area contributed by atoms with Gasteiger partial charge in [0, 0.05) is 0 Å². The van der Waals surface area contributed by atoms with Crippen molar-refractivity contribution < 1.29 is 22.1 Å². The molecule has 0 N–H and O–H groups in total. The Morgan fingerprint density at radius 3 is 2.31 bits per heavy atom. The predicted molar refractivity (Wildman–Crippen MR) is 60.4 cm³/mol. The number of rotatable bonds is 7. The second-order valence-electron chi connectivity index (χ2n) is 4.23. The maximum atomic E-state index is 11.5. The van der Waals surface area contributed by atoms with E-state index in [-0.39, 0.29) is 12.6 Å². The van der Waals surface area contributed by atoms with Gasteiger partial charge in [-0.1, -0.05) is 0 Å². The van der Waals surface area contributed by atoms with Crippen LogP contribution in [0.4, 0.5) is 0 Å². The smallest absolute Gasteiger partial charge is 0.311 e. The van der Waals surface area contributed by atoms with Gasteiger partial charge in [-0.05, 0) is 33.6 Å². The normalized spacial score (nSPS) is 12.5. The van der Waals surface area contributed by atoms with Crippen LogP contribution in [-0.4, -0.2) is 33.9 Å². The van der Waals surface area contributed by atoms with E-state index in [1.807, 2.05) is 0 Å². The van der Waals surface area contributed by atoms with E-state index >= 15 is 0 Å². The zero-order valence-electron chi connectivity index (χ0n) is 10.3. The highest BCUT2D eigenvalue weighted by molar-refractivity contribution is 7.85. The van der Waals surface area contributed by atoms with Crippen LogP contribution in [0.15, 0.2) is 0 Å². The van der Waals surface area contributed by atoms with E-state index in [1.54, 1.807) is 20.8 Å². The Bertz CT molecular complexity index is 318. The SMILES string of the molecule is CCOC(=O)C(C)(C)CCCOS(C)(=O)=O. The molecular weight excluding hydrogens is 232 g/mol. The minimum Gasteiger partial charge on any atom is -0.466 e. The van der Waals surface area contributed by atoms with E-state index in [4.69, 9.17) is 4.74 Å². The van der Waals surface area contributed by atoms with E-state index in [2.05, 4.69) is 4.18 Å². The quantitative estimate of drug-likeness (QED) is 0.388. The Kier molecular flexibility index (Phi) is 5.96. The van der Waals surface area contributed by atoms with Crippen LogP contribution in [0.25, 0.3) is 0 Å². The molecule has 0 aromatic rings. The highest BCUT2D eigenvalue weighted by Crippen LogP contribution is 2.24. The zero-order chi connectivity index (χ0) is 12.8. The van der Waals surface area contributed by atoms with Gasteiger partial charge in [0.2, 0.25) is 0 Å². The van der Waals surface area contributed by atoms with Crippen molar-refractivity contribution in [3.63, 3.8) is 0 Å². The summed E-state index contributed by atoms with van der Waals surface area (Å²) >= 11 is 0. The van der Waals surface area contributed by atoms with Crippen molar-refractivity contribution in [3.8, 4) is 0 Å². The van der Waals surface area contributed by atoms with Gasteiger partial charge in [-0.2, -0.15) is 8.42 Å². The van der Waals surface area contributed by atoms with Gasteiger partial charge in [0.25, 0.3) is 10.1 Å². The number of esters is 1. The standard InChI is InChI=1S/C10H20O5S/c1-5-14-9(11)10(2,3)7-6-8-15-16(4,12)13/h5-8H2,1-4H3. The fourth-order valence-electron chi connectivity index (χ4n) is 1.15. The van der Waals surface area contributed by atoms with Crippen molar-refractivity contribution in [1.29, 1.82) is 0 Å². The summed E-state index contributed by atoms with van der Waals surface area (Å²) in [6.07, 6.45) is 2.03. The van der Waals surface area contributed by atoms with E-state index in [9.17, 15) is 13.2 Å². The summed E-state index contributed by atoms with van der Waals surface area (Å²) < 4.78 is 30.8. The lowest BCUT2D eigenvalue weighted by Crippen LogP contribution is -2.27. The van der Waals surface area contributed by atoms with Crippen LogP contribution < -0.4 is 0 Å². The maximum Gasteiger partial charge on any atom is 0.311 e. The molecule has 0 aliphatic carbocycles. The number of hydrogen-bond acceptors (Lipinski definition) is 5. The van der Waals surface area contributed by atoms with E-state index < -0.39 is 15.5 Å². The topological polar surface area (TPSA) is 69.7 Å². The highest BCUT2D eigenvalue weighted by atomic mass is 32.2. The Balaban J connectivity index is 3.96. The second-order valence-corrected chi connectivity index (χ2v) is 5.88. The molecule has 0 atom stereocenters. The molecule has 0 bridgehead atoms. The van der Waals surface area contributed by atoms with Crippen LogP contribution in [0.5, 0.6) is 0 Å². The largest absolute Gasteiger partial charge is 0.466 e. The molecule has 0 aromatic heterocycles. The van der Waals surface area contributed by atoms with Gasteiger partial charge in [-0.3, -0.25) is 8.98 Å². The first-order chi connectivity index (χ1) is 7.19. The van der Waals surface area contributed by atoms with Crippen LogP contribution in [0, 0.1) is 5.41 Å². The molecule has 5 nitrogen and oxygen atoms in total. The van der Waals surface area contributed by atoms with Crippen molar-refractivity contribution >= 4 is 16.1 Å². The summed E-state index contributed by atoms with van der Waals surface area (Å²) in [6.45, 7) is 5.74. The minimum atomic E-state index is -3.39. The fourth-order valence-corrected chi connectivity index (χ4v) is 1.57. The molecule has 0 aromatic carbocycles. The van der Waals surface area contributed by atoms with Crippen LogP contribution in [0.3, 0.4) is 0 Å². The van der Waals surface area contributed by atoms with E-state index in [1.165, 1.54) is 0 Å². The molecule has 0 fully saturated rings. The molecule has 96 valence electrons. The minimum absolute atomic E-state index is 0.0989. The van der Waals surface area contributed by atoms with E-state index in [0.29, 0.717) is 19.4 Å². The number of carbonyl (C=O) groups is 1. The number of hydrogen-bond donors (Lipinski definition) is 0. The second kappa shape index (κ2) is 6.20. The molecule has 0 rings (SSSR count). The molecule has 0 unspecified atom stereocenters. The summed E-state index contributed by atoms with van der Waals surface area (Å²) in [5.41, 5.74) is -0.600. The summed E-state index contributed by atoms with van der Waals surface area (Å²) in [5.74, 6) is -0.269. The lowest BCUT2D eigenvalue weighted by molar-refractivity contribution is -0.153. The van der Waals surface area contributed by atoms with Gasteiger partial charge in [-0.25, -0.2) is 0 Å². The van der Waals surface area contributed by atoms with Crippen LogP contribution in [0.1, 0.15) is 33.6 Å². The van der Waals surface area contributed by atoms with Gasteiger partial charge in [0.15, 0.2) is 0 Å². The summed E-state index contributed by atoms with van der Waals surface area (Å²) in [5, 5.41) is 0. The number of ether oxygens (including phenoxy) is 1. The van der Waals surface area contributed by atoms with Crippen molar-refractivity contribution in [3.05, 3.63) is 0 Å². The Morgan fingerprint density at radius 2 is 1.88 bits per heavy atom. The molecule has 0 radical (unpaired) electrons. The first-order valence-electron chi connectivity index (χ1n) is 5.20. The lowest BCUT2D eigenvalue weighted by Gasteiger charge is -2.21. The summed E-state index contributed by atoms with van der Waals surface area (Å²) in [6, 6.07) is 0. The van der Waals surface area contributed by atoms with Gasteiger partial charge in [-0.15, -0.1) is 0 Å². The average molecular weight is 252 g/mol. The Morgan fingerprint density at radius 1 is 1.31 bits per heavy atom. The van der Waals surface area contributed by atoms with Gasteiger partial charge in [0.1, 0.15) is 0 Å². The first-order valence-corrected chi connectivity index (χ1v) is 7.02. The van der Waals surface area contributed by atoms with Crippen LogP contribution in [0.2, 0.25) is 0 Å². The Hall–Kier alpha value is -0.620. The molecule has 0 saturated carbocycles. The molecule has 0 aliphatic heterocycles. The third kappa shape index (κ3) is 6.79. The van der Waals surface area contributed by atoms with Gasteiger partial charge < -0.3 is 4.74 Å². The van der Waals surface area contributed by atoms with Crippen molar-refractivity contribution in [1.82, 2.24) is 0 Å². The molecule has 6 heteroatoms. The molecule has 16 heavy (non-hydrogen) atoms. The first kappa shape index (κ1) is 15.4. The van der Waals surface area contributed by atoms with Gasteiger partial charge in [0.05, 0.1) is 24.9 Å². The zero-order valence-corrected chi connectivity index (χ0v) is 11.1. The molecule has 0 heterocycles. The van der Waals surface area contributed by atoms with Crippen LogP contribution >= 0.6 is 0 Å². The van der Waals surface area contributed by atoms with Crippen molar-refractivity contribution in [2.24, 2.45) is 5.41 Å². The van der Waals surface area contributed by atoms with Crippen LogP contribution in [-0.2, 0) is 23.8 Å². The fraction of sp³-hybridized carbons (Fsp3) is 0.900. The summed E-state index contributed by atoms with van der Waals surface area (Å²) in [4.78, 5) is 11.5. The lowest BCUT2D eigenvalue weighted by atomic mass is 9.88. The van der Waals surface area contributed by atoms with Gasteiger partial charge >= 0.3 is 5.97 Å². The maximum absolute atomic E-state index is 11.5. The summed E-state index contributed by atoms with van der Waals surface area (Å²) in [7, 11) is -3.39. The molecule has 0 saturated heterocycles. The van der Waals surface area contributed by atoms with Crippen molar-refractivity contribution in [2.75, 3.05) is 19.5 Å². The Labute approximate surface area is 97.2 Å². The monoisotopic (exact) mass is 252 g/mol. The van der Waals surface area contributed by atoms with Crippen molar-refractivity contribution in [2.45, 2.75) is 33.6 Å².